The first-order chi connectivity index (χ1) is 9.06. The minimum atomic E-state index is -0.0863. The van der Waals surface area contributed by atoms with Crippen molar-refractivity contribution >= 4 is 47.7 Å². The zero-order valence-electron chi connectivity index (χ0n) is 11.9. The number of benzene rings is 1. The summed E-state index contributed by atoms with van der Waals surface area (Å²) in [5, 5.41) is 5.97. The van der Waals surface area contributed by atoms with Gasteiger partial charge in [-0.1, -0.05) is 6.07 Å². The highest BCUT2D eigenvalue weighted by atomic mass is 35.5. The summed E-state index contributed by atoms with van der Waals surface area (Å²) in [6.07, 6.45) is 0.747. The number of aromatic nitrogens is 1. The Morgan fingerprint density at radius 2 is 2.05 bits per heavy atom. The normalized spacial score (nSPS) is 9.43. The molecule has 116 valence electrons. The molecule has 0 fully saturated rings. The Hall–Kier alpha value is -1.30. The maximum atomic E-state index is 12.0. The molecule has 2 aromatic rings. The standard InChI is InChI=1S/C14H17N3OS.2ClH/c1-9-3-4-11(15)7-13(9)14(18)16-6-5-12-8-19-10(2)17-12;;/h3-4,7-8H,5-6,15H2,1-2H3,(H,16,18);2*1H. The first kappa shape index (κ1) is 19.7. The number of anilines is 1. The van der Waals surface area contributed by atoms with Crippen molar-refractivity contribution in [3.63, 3.8) is 0 Å². The number of nitrogens with two attached hydrogens (primary N) is 1. The van der Waals surface area contributed by atoms with E-state index in [4.69, 9.17) is 5.73 Å². The number of thiazole rings is 1. The van der Waals surface area contributed by atoms with Gasteiger partial charge in [-0.05, 0) is 31.5 Å². The van der Waals surface area contributed by atoms with Crippen molar-refractivity contribution in [3.05, 3.63) is 45.4 Å². The van der Waals surface area contributed by atoms with Gasteiger partial charge in [0.15, 0.2) is 0 Å². The zero-order valence-corrected chi connectivity index (χ0v) is 14.3. The lowest BCUT2D eigenvalue weighted by Crippen LogP contribution is -2.26. The van der Waals surface area contributed by atoms with Crippen molar-refractivity contribution in [2.75, 3.05) is 12.3 Å². The third-order valence-corrected chi connectivity index (χ3v) is 3.66. The summed E-state index contributed by atoms with van der Waals surface area (Å²) in [7, 11) is 0. The van der Waals surface area contributed by atoms with Crippen LogP contribution in [-0.2, 0) is 6.42 Å². The van der Waals surface area contributed by atoms with Crippen LogP contribution in [0.4, 0.5) is 5.69 Å². The summed E-state index contributed by atoms with van der Waals surface area (Å²) >= 11 is 1.62. The van der Waals surface area contributed by atoms with Crippen LogP contribution in [0.2, 0.25) is 0 Å². The number of hydrogen-bond acceptors (Lipinski definition) is 4. The molecule has 0 unspecified atom stereocenters. The van der Waals surface area contributed by atoms with Crippen LogP contribution in [0.3, 0.4) is 0 Å². The van der Waals surface area contributed by atoms with Crippen LogP contribution in [0.25, 0.3) is 0 Å². The summed E-state index contributed by atoms with van der Waals surface area (Å²) < 4.78 is 0. The van der Waals surface area contributed by atoms with Crippen LogP contribution in [-0.4, -0.2) is 17.4 Å². The van der Waals surface area contributed by atoms with E-state index in [1.165, 1.54) is 0 Å². The fourth-order valence-corrected chi connectivity index (χ4v) is 2.45. The second kappa shape index (κ2) is 8.87. The molecule has 1 aromatic carbocycles. The lowest BCUT2D eigenvalue weighted by Gasteiger charge is -2.07. The van der Waals surface area contributed by atoms with Crippen molar-refractivity contribution < 1.29 is 4.79 Å². The average Bonchev–Trinajstić information content (AvgIpc) is 2.78. The molecule has 0 aliphatic carbocycles. The summed E-state index contributed by atoms with van der Waals surface area (Å²) in [5.74, 6) is -0.0863. The SMILES string of the molecule is Cc1nc(CCNC(=O)c2cc(N)ccc2C)cs1.Cl.Cl. The first-order valence-electron chi connectivity index (χ1n) is 6.11. The van der Waals surface area contributed by atoms with Crippen LogP contribution in [0.5, 0.6) is 0 Å². The molecular weight excluding hydrogens is 329 g/mol. The maximum absolute atomic E-state index is 12.0. The van der Waals surface area contributed by atoms with Crippen molar-refractivity contribution in [1.82, 2.24) is 10.3 Å². The van der Waals surface area contributed by atoms with Gasteiger partial charge in [-0.2, -0.15) is 0 Å². The maximum Gasteiger partial charge on any atom is 0.251 e. The van der Waals surface area contributed by atoms with Gasteiger partial charge in [0.25, 0.3) is 5.91 Å². The smallest absolute Gasteiger partial charge is 0.251 e. The molecule has 4 nitrogen and oxygen atoms in total. The van der Waals surface area contributed by atoms with Crippen LogP contribution in [0.1, 0.15) is 26.6 Å². The molecule has 0 spiro atoms. The number of aryl methyl sites for hydroxylation is 2. The number of nitrogen functional groups attached to an aromatic ring is 1. The van der Waals surface area contributed by atoms with Crippen LogP contribution in [0, 0.1) is 13.8 Å². The number of carbonyl (C=O) groups excluding carboxylic acids is 1. The average molecular weight is 348 g/mol. The Labute approximate surface area is 141 Å². The number of nitrogens with one attached hydrogen (secondary N) is 1. The molecule has 0 aliphatic rings. The van der Waals surface area contributed by atoms with Gasteiger partial charge in [-0.25, -0.2) is 4.98 Å². The van der Waals surface area contributed by atoms with E-state index < -0.39 is 0 Å². The predicted octanol–water partition coefficient (Wildman–Crippen LogP) is 3.16. The lowest BCUT2D eigenvalue weighted by atomic mass is 10.1. The number of halogens is 2. The molecule has 7 heteroatoms. The van der Waals surface area contributed by atoms with Gasteiger partial charge in [-0.3, -0.25) is 4.79 Å². The highest BCUT2D eigenvalue weighted by molar-refractivity contribution is 7.09. The van der Waals surface area contributed by atoms with Gasteiger partial charge < -0.3 is 11.1 Å². The van der Waals surface area contributed by atoms with E-state index in [0.29, 0.717) is 17.8 Å². The zero-order chi connectivity index (χ0) is 13.8. The third kappa shape index (κ3) is 5.53. The summed E-state index contributed by atoms with van der Waals surface area (Å²) in [5.41, 5.74) is 8.88. The van der Waals surface area contributed by atoms with E-state index >= 15 is 0 Å². The minimum absolute atomic E-state index is 0. The molecule has 1 heterocycles. The van der Waals surface area contributed by atoms with Crippen molar-refractivity contribution in [2.45, 2.75) is 20.3 Å². The number of nitrogens with zero attached hydrogens (tertiary/aromatic N) is 1. The van der Waals surface area contributed by atoms with E-state index in [1.807, 2.05) is 25.3 Å². The molecule has 0 atom stereocenters. The highest BCUT2D eigenvalue weighted by Gasteiger charge is 2.09. The quantitative estimate of drug-likeness (QED) is 0.834. The molecule has 1 amide bonds. The lowest BCUT2D eigenvalue weighted by molar-refractivity contribution is 0.0953. The van der Waals surface area contributed by atoms with Gasteiger partial charge in [0.05, 0.1) is 10.7 Å². The van der Waals surface area contributed by atoms with Crippen molar-refractivity contribution in [1.29, 1.82) is 0 Å². The molecule has 21 heavy (non-hydrogen) atoms. The fourth-order valence-electron chi connectivity index (χ4n) is 1.81. The molecule has 0 saturated heterocycles. The largest absolute Gasteiger partial charge is 0.399 e. The first-order valence-corrected chi connectivity index (χ1v) is 6.99. The van der Waals surface area contributed by atoms with Gasteiger partial charge in [-0.15, -0.1) is 36.2 Å². The van der Waals surface area contributed by atoms with Crippen molar-refractivity contribution in [3.8, 4) is 0 Å². The van der Waals surface area contributed by atoms with E-state index in [9.17, 15) is 4.79 Å². The molecule has 2 rings (SSSR count). The monoisotopic (exact) mass is 347 g/mol. The second-order valence-electron chi connectivity index (χ2n) is 4.44. The van der Waals surface area contributed by atoms with E-state index in [-0.39, 0.29) is 30.7 Å². The van der Waals surface area contributed by atoms with Gasteiger partial charge >= 0.3 is 0 Å². The van der Waals surface area contributed by atoms with Crippen LogP contribution >= 0.6 is 36.2 Å². The number of rotatable bonds is 4. The summed E-state index contributed by atoms with van der Waals surface area (Å²) in [6.45, 7) is 4.46. The van der Waals surface area contributed by atoms with E-state index in [0.717, 1.165) is 22.7 Å². The molecule has 0 radical (unpaired) electrons. The van der Waals surface area contributed by atoms with Crippen LogP contribution < -0.4 is 11.1 Å². The molecule has 0 bridgehead atoms. The Morgan fingerprint density at radius 1 is 1.33 bits per heavy atom. The minimum Gasteiger partial charge on any atom is -0.399 e. The molecule has 0 aliphatic heterocycles. The molecule has 3 N–H and O–H groups in total. The van der Waals surface area contributed by atoms with Crippen LogP contribution in [0.15, 0.2) is 23.6 Å². The third-order valence-electron chi connectivity index (χ3n) is 2.84. The summed E-state index contributed by atoms with van der Waals surface area (Å²) in [4.78, 5) is 16.4. The van der Waals surface area contributed by atoms with Gasteiger partial charge in [0, 0.05) is 29.6 Å². The van der Waals surface area contributed by atoms with Gasteiger partial charge in [0.1, 0.15) is 0 Å². The molecular formula is C14H19Cl2N3OS. The Balaban J connectivity index is 0.00000200. The Morgan fingerprint density at radius 3 is 2.67 bits per heavy atom. The molecule has 0 saturated carbocycles. The Bertz CT molecular complexity index is 602. The number of amides is 1. The Kier molecular flexibility index (Phi) is 8.32. The van der Waals surface area contributed by atoms with E-state index in [2.05, 4.69) is 10.3 Å². The number of carbonyl (C=O) groups is 1. The highest BCUT2D eigenvalue weighted by Crippen LogP contribution is 2.12. The van der Waals surface area contributed by atoms with Gasteiger partial charge in [0.2, 0.25) is 0 Å². The molecule has 1 aromatic heterocycles. The second-order valence-corrected chi connectivity index (χ2v) is 5.50. The topological polar surface area (TPSA) is 68.0 Å². The predicted molar refractivity (Wildman–Crippen MR) is 93.0 cm³/mol. The van der Waals surface area contributed by atoms with E-state index in [1.54, 1.807) is 23.5 Å². The fraction of sp³-hybridized carbons (Fsp3) is 0.286. The summed E-state index contributed by atoms with van der Waals surface area (Å²) in [6, 6.07) is 5.36. The van der Waals surface area contributed by atoms with Crippen molar-refractivity contribution in [2.24, 2.45) is 0 Å². The number of hydrogen-bond donors (Lipinski definition) is 2.